The number of nitrogens with one attached hydrogen (secondary N) is 1. The number of carbonyl (C=O) groups excluding carboxylic acids is 2. The molecule has 3 aliphatic rings. The summed E-state index contributed by atoms with van der Waals surface area (Å²) in [6, 6.07) is 11.9. The zero-order valence-corrected chi connectivity index (χ0v) is 23.8. The van der Waals surface area contributed by atoms with Crippen LogP contribution in [-0.4, -0.2) is 55.7 Å². The van der Waals surface area contributed by atoms with E-state index in [0.29, 0.717) is 43.1 Å². The van der Waals surface area contributed by atoms with Crippen LogP contribution in [0.2, 0.25) is 0 Å². The molecule has 1 aromatic carbocycles. The topological polar surface area (TPSA) is 113 Å². The zero-order valence-electron chi connectivity index (χ0n) is 23.8. The number of pyridine rings is 1. The predicted molar refractivity (Wildman–Crippen MR) is 154 cm³/mol. The second kappa shape index (κ2) is 11.3. The molecule has 10 nitrogen and oxygen atoms in total. The van der Waals surface area contributed by atoms with Crippen LogP contribution in [0.5, 0.6) is 5.75 Å². The third kappa shape index (κ3) is 5.34. The highest BCUT2D eigenvalue weighted by atomic mass is 16.5. The van der Waals surface area contributed by atoms with Crippen molar-refractivity contribution in [1.82, 2.24) is 24.8 Å². The van der Waals surface area contributed by atoms with Crippen LogP contribution in [0.25, 0.3) is 11.5 Å². The number of carbonyl (C=O) groups is 2. The summed E-state index contributed by atoms with van der Waals surface area (Å²) in [4.78, 5) is 37.3. The Hall–Kier alpha value is -3.76. The number of anilines is 1. The van der Waals surface area contributed by atoms with Gasteiger partial charge in [0.05, 0.1) is 30.1 Å². The molecular weight excluding hydrogens is 520 g/mol. The molecular formula is C31H38N6O4. The number of aromatic nitrogens is 3. The fraction of sp³-hybridized carbons (Fsp3) is 0.484. The summed E-state index contributed by atoms with van der Waals surface area (Å²) in [6.07, 6.45) is 9.54. The van der Waals surface area contributed by atoms with Crippen molar-refractivity contribution in [1.29, 1.82) is 0 Å². The van der Waals surface area contributed by atoms with Crippen molar-refractivity contribution in [2.45, 2.75) is 76.6 Å². The van der Waals surface area contributed by atoms with E-state index in [2.05, 4.69) is 45.5 Å². The number of rotatable bonds is 7. The molecule has 41 heavy (non-hydrogen) atoms. The quantitative estimate of drug-likeness (QED) is 0.417. The summed E-state index contributed by atoms with van der Waals surface area (Å²) in [6.45, 7) is 3.59. The molecule has 0 spiro atoms. The zero-order chi connectivity index (χ0) is 28.6. The highest BCUT2D eigenvalue weighted by Gasteiger charge is 2.42. The molecule has 0 bridgehead atoms. The molecule has 10 heteroatoms. The number of amides is 3. The lowest BCUT2D eigenvalue weighted by molar-refractivity contribution is -0.120. The van der Waals surface area contributed by atoms with E-state index in [1.165, 1.54) is 30.6 Å². The van der Waals surface area contributed by atoms with Crippen LogP contribution in [-0.2, 0) is 30.5 Å². The molecule has 1 atom stereocenters. The number of nitrogens with zero attached hydrogens (tertiary/aromatic N) is 5. The third-order valence-electron chi connectivity index (χ3n) is 8.78. The van der Waals surface area contributed by atoms with Crippen molar-refractivity contribution in [2.75, 3.05) is 18.1 Å². The van der Waals surface area contributed by atoms with Gasteiger partial charge in [-0.05, 0) is 61.9 Å². The summed E-state index contributed by atoms with van der Waals surface area (Å²) < 4.78 is 8.09. The van der Waals surface area contributed by atoms with E-state index in [1.54, 1.807) is 6.20 Å². The number of aliphatic hydroxyl groups excluding tert-OH is 1. The van der Waals surface area contributed by atoms with Crippen LogP contribution in [0.15, 0.2) is 42.6 Å². The molecule has 1 aliphatic carbocycles. The van der Waals surface area contributed by atoms with Crippen molar-refractivity contribution in [3.63, 3.8) is 0 Å². The fourth-order valence-corrected chi connectivity index (χ4v) is 6.26. The van der Waals surface area contributed by atoms with Crippen molar-refractivity contribution in [2.24, 2.45) is 7.05 Å². The van der Waals surface area contributed by atoms with E-state index in [0.717, 1.165) is 35.4 Å². The van der Waals surface area contributed by atoms with Gasteiger partial charge in [-0.15, -0.1) is 0 Å². The first-order valence-corrected chi connectivity index (χ1v) is 14.6. The van der Waals surface area contributed by atoms with Gasteiger partial charge in [0, 0.05) is 33.1 Å². The second-order valence-corrected chi connectivity index (χ2v) is 11.6. The number of imide groups is 1. The Labute approximate surface area is 240 Å². The first-order valence-electron chi connectivity index (χ1n) is 14.6. The van der Waals surface area contributed by atoms with E-state index < -0.39 is 11.6 Å². The Kier molecular flexibility index (Phi) is 7.52. The average molecular weight is 559 g/mol. The number of ether oxygens (including phenoxy) is 1. The van der Waals surface area contributed by atoms with Crippen molar-refractivity contribution < 1.29 is 19.4 Å². The largest absolute Gasteiger partial charge is 0.490 e. The number of urea groups is 1. The predicted octanol–water partition coefficient (Wildman–Crippen LogP) is 4.25. The summed E-state index contributed by atoms with van der Waals surface area (Å²) in [5.41, 5.74) is 3.05. The minimum Gasteiger partial charge on any atom is -0.490 e. The van der Waals surface area contributed by atoms with E-state index in [-0.39, 0.29) is 18.9 Å². The molecule has 2 N–H and O–H groups in total. The lowest BCUT2D eigenvalue weighted by Gasteiger charge is -2.33. The van der Waals surface area contributed by atoms with Gasteiger partial charge in [-0.1, -0.05) is 31.0 Å². The first-order chi connectivity index (χ1) is 19.9. The van der Waals surface area contributed by atoms with Gasteiger partial charge in [0.15, 0.2) is 5.82 Å². The molecule has 2 fully saturated rings. The lowest BCUT2D eigenvalue weighted by Crippen LogP contribution is -2.50. The van der Waals surface area contributed by atoms with Crippen LogP contribution < -0.4 is 15.0 Å². The molecule has 1 saturated carbocycles. The Bertz CT molecular complexity index is 1430. The molecule has 1 saturated heterocycles. The van der Waals surface area contributed by atoms with Crippen molar-refractivity contribution in [3.05, 3.63) is 59.4 Å². The molecule has 2 aromatic heterocycles. The van der Waals surface area contributed by atoms with E-state index in [9.17, 15) is 14.7 Å². The molecule has 0 unspecified atom stereocenters. The normalized spacial score (nSPS) is 22.0. The lowest BCUT2D eigenvalue weighted by atomic mass is 9.97. The molecule has 4 heterocycles. The molecule has 216 valence electrons. The number of hydrogen-bond acceptors (Lipinski definition) is 7. The maximum atomic E-state index is 12.4. The monoisotopic (exact) mass is 558 g/mol. The Morgan fingerprint density at radius 2 is 1.83 bits per heavy atom. The van der Waals surface area contributed by atoms with Gasteiger partial charge in [-0.3, -0.25) is 19.9 Å². The van der Waals surface area contributed by atoms with Crippen molar-refractivity contribution in [3.8, 4) is 17.3 Å². The minimum absolute atomic E-state index is 0.0763. The van der Waals surface area contributed by atoms with Crippen LogP contribution in [0, 0.1) is 0 Å². The number of imidazole rings is 1. The standard InChI is InChI=1S/C31H38N6O4/c1-31(20-38)28-22(19-36(31)18-21-9-12-24(13-10-21)41-23-7-5-3-4-6-8-23)11-14-25(33-28)29-32-17-27(35(29)2)37-16-15-26(39)34-30(37)40/h9-14,17,23,38H,3-8,15-16,18-20H2,1-2H3,(H,34,39,40)/t31-/m1/s1. The molecule has 3 amide bonds. The van der Waals surface area contributed by atoms with Gasteiger partial charge in [0.2, 0.25) is 5.91 Å². The number of hydrogen-bond donors (Lipinski definition) is 2. The Balaban J connectivity index is 1.19. The molecule has 0 radical (unpaired) electrons. The third-order valence-corrected chi connectivity index (χ3v) is 8.78. The highest BCUT2D eigenvalue weighted by Crippen LogP contribution is 2.40. The minimum atomic E-state index is -0.665. The first kappa shape index (κ1) is 27.4. The number of fused-ring (bicyclic) bond motifs is 1. The average Bonchev–Trinajstić information content (AvgIpc) is 3.34. The van der Waals surface area contributed by atoms with E-state index >= 15 is 0 Å². The van der Waals surface area contributed by atoms with Gasteiger partial charge in [0.25, 0.3) is 0 Å². The summed E-state index contributed by atoms with van der Waals surface area (Å²) >= 11 is 0. The fourth-order valence-electron chi connectivity index (χ4n) is 6.26. The SMILES string of the molecule is Cn1c(N2CCC(=O)NC2=O)cnc1-c1ccc2c(n1)[C@@](C)(CO)N(Cc1ccc(OC3CCCCCC3)cc1)C2. The van der Waals surface area contributed by atoms with E-state index in [4.69, 9.17) is 9.72 Å². The van der Waals surface area contributed by atoms with Gasteiger partial charge < -0.3 is 14.4 Å². The number of benzene rings is 1. The number of aliphatic hydroxyl groups is 1. The van der Waals surface area contributed by atoms with Gasteiger partial charge in [-0.25, -0.2) is 14.8 Å². The van der Waals surface area contributed by atoms with Gasteiger partial charge in [0.1, 0.15) is 17.3 Å². The van der Waals surface area contributed by atoms with Crippen LogP contribution in [0.3, 0.4) is 0 Å². The van der Waals surface area contributed by atoms with Crippen LogP contribution in [0.1, 0.15) is 68.7 Å². The Morgan fingerprint density at radius 1 is 1.07 bits per heavy atom. The Morgan fingerprint density at radius 3 is 2.54 bits per heavy atom. The maximum absolute atomic E-state index is 12.4. The van der Waals surface area contributed by atoms with Crippen LogP contribution >= 0.6 is 0 Å². The maximum Gasteiger partial charge on any atom is 0.329 e. The summed E-state index contributed by atoms with van der Waals surface area (Å²) in [5.74, 6) is 1.84. The smallest absolute Gasteiger partial charge is 0.329 e. The molecule has 2 aliphatic heterocycles. The van der Waals surface area contributed by atoms with Gasteiger partial charge in [-0.2, -0.15) is 0 Å². The molecule has 3 aromatic rings. The van der Waals surface area contributed by atoms with Gasteiger partial charge >= 0.3 is 6.03 Å². The second-order valence-electron chi connectivity index (χ2n) is 11.6. The highest BCUT2D eigenvalue weighted by molar-refractivity contribution is 6.05. The van der Waals surface area contributed by atoms with Crippen molar-refractivity contribution >= 4 is 17.8 Å². The summed E-state index contributed by atoms with van der Waals surface area (Å²) in [5, 5.41) is 13.0. The van der Waals surface area contributed by atoms with Crippen LogP contribution in [0.4, 0.5) is 10.6 Å². The summed E-state index contributed by atoms with van der Waals surface area (Å²) in [7, 11) is 1.83. The molecule has 6 rings (SSSR count). The van der Waals surface area contributed by atoms with E-state index in [1.807, 2.05) is 24.6 Å².